The van der Waals surface area contributed by atoms with Gasteiger partial charge in [-0.3, -0.25) is 0 Å². The van der Waals surface area contributed by atoms with Gasteiger partial charge in [0.05, 0.1) is 6.21 Å². The van der Waals surface area contributed by atoms with Crippen LogP contribution in [-0.4, -0.2) is 11.4 Å². The maximum Gasteiger partial charge on any atom is 0.134 e. The Hall–Kier alpha value is -1.58. The van der Waals surface area contributed by atoms with Crippen molar-refractivity contribution in [1.29, 1.82) is 0 Å². The van der Waals surface area contributed by atoms with E-state index in [0.29, 0.717) is 5.69 Å². The van der Waals surface area contributed by atoms with Crippen molar-refractivity contribution in [3.63, 3.8) is 0 Å². The van der Waals surface area contributed by atoms with E-state index >= 15 is 0 Å². The monoisotopic (exact) mass is 154 g/mol. The van der Waals surface area contributed by atoms with E-state index in [-0.39, 0.29) is 5.56 Å². The van der Waals surface area contributed by atoms with Crippen LogP contribution in [0.15, 0.2) is 23.4 Å². The van der Waals surface area contributed by atoms with E-state index < -0.39 is 5.82 Å². The van der Waals surface area contributed by atoms with Crippen LogP contribution in [0.5, 0.6) is 0 Å². The van der Waals surface area contributed by atoms with Crippen molar-refractivity contribution in [2.24, 2.45) is 5.16 Å². The SMILES string of the molecule is Nc1ccc(C=NO)c(F)c1. The summed E-state index contributed by atoms with van der Waals surface area (Å²) in [4.78, 5) is 0. The summed E-state index contributed by atoms with van der Waals surface area (Å²) in [6.45, 7) is 0. The lowest BCUT2D eigenvalue weighted by atomic mass is 10.2. The molecule has 1 aromatic carbocycles. The van der Waals surface area contributed by atoms with Crippen LogP contribution in [0.4, 0.5) is 10.1 Å². The first-order chi connectivity index (χ1) is 5.24. The molecule has 58 valence electrons. The summed E-state index contributed by atoms with van der Waals surface area (Å²) >= 11 is 0. The fraction of sp³-hybridized carbons (Fsp3) is 0. The Bertz CT molecular complexity index is 286. The summed E-state index contributed by atoms with van der Waals surface area (Å²) in [6, 6.07) is 4.13. The second-order valence-electron chi connectivity index (χ2n) is 2.03. The van der Waals surface area contributed by atoms with Crippen LogP contribution < -0.4 is 5.73 Å². The molecule has 0 aliphatic heterocycles. The van der Waals surface area contributed by atoms with E-state index in [4.69, 9.17) is 10.9 Å². The van der Waals surface area contributed by atoms with Gasteiger partial charge in [0.1, 0.15) is 5.82 Å². The van der Waals surface area contributed by atoms with Crippen LogP contribution in [-0.2, 0) is 0 Å². The first-order valence-electron chi connectivity index (χ1n) is 2.96. The highest BCUT2D eigenvalue weighted by molar-refractivity contribution is 5.80. The van der Waals surface area contributed by atoms with Crippen molar-refractivity contribution < 1.29 is 9.60 Å². The third-order valence-corrected chi connectivity index (χ3v) is 1.22. The Morgan fingerprint density at radius 3 is 2.82 bits per heavy atom. The molecular formula is C7H7FN2O. The molecule has 0 heterocycles. The van der Waals surface area contributed by atoms with E-state index in [2.05, 4.69) is 5.16 Å². The molecule has 0 fully saturated rings. The molecule has 0 saturated carbocycles. The van der Waals surface area contributed by atoms with Crippen molar-refractivity contribution >= 4 is 11.9 Å². The van der Waals surface area contributed by atoms with E-state index in [1.807, 2.05) is 0 Å². The van der Waals surface area contributed by atoms with Crippen LogP contribution in [0.25, 0.3) is 0 Å². The Labute approximate surface area is 62.9 Å². The van der Waals surface area contributed by atoms with Crippen LogP contribution >= 0.6 is 0 Å². The first-order valence-corrected chi connectivity index (χ1v) is 2.96. The van der Waals surface area contributed by atoms with Gasteiger partial charge < -0.3 is 10.9 Å². The van der Waals surface area contributed by atoms with Crippen LogP contribution in [0.3, 0.4) is 0 Å². The van der Waals surface area contributed by atoms with Gasteiger partial charge in [0, 0.05) is 11.3 Å². The van der Waals surface area contributed by atoms with E-state index in [1.165, 1.54) is 12.1 Å². The smallest absolute Gasteiger partial charge is 0.134 e. The normalized spacial score (nSPS) is 10.6. The summed E-state index contributed by atoms with van der Waals surface area (Å²) in [7, 11) is 0. The van der Waals surface area contributed by atoms with Gasteiger partial charge in [0.25, 0.3) is 0 Å². The molecule has 0 amide bonds. The molecule has 0 aliphatic carbocycles. The Balaban J connectivity index is 3.09. The average molecular weight is 154 g/mol. The number of benzene rings is 1. The highest BCUT2D eigenvalue weighted by Crippen LogP contribution is 2.09. The lowest BCUT2D eigenvalue weighted by molar-refractivity contribution is 0.321. The zero-order valence-corrected chi connectivity index (χ0v) is 5.66. The van der Waals surface area contributed by atoms with Gasteiger partial charge in [-0.2, -0.15) is 0 Å². The fourth-order valence-electron chi connectivity index (χ4n) is 0.710. The summed E-state index contributed by atoms with van der Waals surface area (Å²) in [5.74, 6) is -0.497. The molecule has 0 spiro atoms. The molecule has 0 radical (unpaired) electrons. The molecule has 0 saturated heterocycles. The van der Waals surface area contributed by atoms with Crippen molar-refractivity contribution in [2.75, 3.05) is 5.73 Å². The van der Waals surface area contributed by atoms with Gasteiger partial charge in [-0.15, -0.1) is 0 Å². The molecule has 0 unspecified atom stereocenters. The van der Waals surface area contributed by atoms with Gasteiger partial charge in [-0.1, -0.05) is 5.16 Å². The molecule has 3 N–H and O–H groups in total. The number of rotatable bonds is 1. The molecule has 0 aromatic heterocycles. The second-order valence-corrected chi connectivity index (χ2v) is 2.03. The van der Waals surface area contributed by atoms with Gasteiger partial charge in [0.15, 0.2) is 0 Å². The number of anilines is 1. The molecule has 0 aliphatic rings. The average Bonchev–Trinajstić information content (AvgIpc) is 1.95. The Morgan fingerprint density at radius 1 is 1.55 bits per heavy atom. The minimum atomic E-state index is -0.497. The number of halogens is 1. The molecular weight excluding hydrogens is 147 g/mol. The van der Waals surface area contributed by atoms with Crippen LogP contribution in [0.1, 0.15) is 5.56 Å². The summed E-state index contributed by atoms with van der Waals surface area (Å²) in [5, 5.41) is 10.8. The number of nitrogens with zero attached hydrogens (tertiary/aromatic N) is 1. The van der Waals surface area contributed by atoms with Crippen molar-refractivity contribution in [3.8, 4) is 0 Å². The predicted octanol–water partition coefficient (Wildman–Crippen LogP) is 1.22. The molecule has 0 atom stereocenters. The lowest BCUT2D eigenvalue weighted by Crippen LogP contribution is -1.91. The number of hydrogen-bond acceptors (Lipinski definition) is 3. The molecule has 1 rings (SSSR count). The third kappa shape index (κ3) is 1.67. The van der Waals surface area contributed by atoms with Gasteiger partial charge >= 0.3 is 0 Å². The zero-order chi connectivity index (χ0) is 8.27. The lowest BCUT2D eigenvalue weighted by Gasteiger charge is -1.95. The zero-order valence-electron chi connectivity index (χ0n) is 5.66. The number of nitrogens with two attached hydrogens (primary N) is 1. The maximum absolute atomic E-state index is 12.8. The van der Waals surface area contributed by atoms with Crippen LogP contribution in [0.2, 0.25) is 0 Å². The standard InChI is InChI=1S/C7H7FN2O/c8-7-3-6(9)2-1-5(7)4-10-11/h1-4,11H,9H2. The van der Waals surface area contributed by atoms with Gasteiger partial charge in [0.2, 0.25) is 0 Å². The molecule has 1 aromatic rings. The topological polar surface area (TPSA) is 58.6 Å². The highest BCUT2D eigenvalue weighted by Gasteiger charge is 1.98. The maximum atomic E-state index is 12.8. The molecule has 11 heavy (non-hydrogen) atoms. The molecule has 0 bridgehead atoms. The third-order valence-electron chi connectivity index (χ3n) is 1.22. The molecule has 3 nitrogen and oxygen atoms in total. The van der Waals surface area contributed by atoms with Crippen molar-refractivity contribution in [3.05, 3.63) is 29.6 Å². The number of hydrogen-bond donors (Lipinski definition) is 2. The quantitative estimate of drug-likeness (QED) is 0.276. The second kappa shape index (κ2) is 3.01. The van der Waals surface area contributed by atoms with Gasteiger partial charge in [-0.05, 0) is 18.2 Å². The summed E-state index contributed by atoms with van der Waals surface area (Å²) in [6.07, 6.45) is 1.01. The Morgan fingerprint density at radius 2 is 2.27 bits per heavy atom. The van der Waals surface area contributed by atoms with E-state index in [1.54, 1.807) is 0 Å². The summed E-state index contributed by atoms with van der Waals surface area (Å²) < 4.78 is 12.8. The fourth-order valence-corrected chi connectivity index (χ4v) is 0.710. The van der Waals surface area contributed by atoms with E-state index in [9.17, 15) is 4.39 Å². The largest absolute Gasteiger partial charge is 0.411 e. The minimum absolute atomic E-state index is 0.210. The van der Waals surface area contributed by atoms with Crippen molar-refractivity contribution in [2.45, 2.75) is 0 Å². The van der Waals surface area contributed by atoms with Crippen molar-refractivity contribution in [1.82, 2.24) is 0 Å². The van der Waals surface area contributed by atoms with Crippen LogP contribution in [0, 0.1) is 5.82 Å². The summed E-state index contributed by atoms with van der Waals surface area (Å²) in [5.41, 5.74) is 5.83. The first kappa shape index (κ1) is 7.53. The van der Waals surface area contributed by atoms with E-state index in [0.717, 1.165) is 12.3 Å². The Kier molecular flexibility index (Phi) is 2.06. The minimum Gasteiger partial charge on any atom is -0.411 e. The van der Waals surface area contributed by atoms with Gasteiger partial charge in [-0.25, -0.2) is 4.39 Å². The highest BCUT2D eigenvalue weighted by atomic mass is 19.1. The predicted molar refractivity (Wildman–Crippen MR) is 40.2 cm³/mol. The molecule has 4 heteroatoms. The number of nitrogen functional groups attached to an aromatic ring is 1. The number of oxime groups is 1.